The maximum Gasteiger partial charge on any atom is 0.244 e. The second-order valence-corrected chi connectivity index (χ2v) is 5.43. The second kappa shape index (κ2) is 7.01. The molecule has 23 heavy (non-hydrogen) atoms. The van der Waals surface area contributed by atoms with Crippen molar-refractivity contribution < 1.29 is 9.13 Å². The zero-order valence-electron chi connectivity index (χ0n) is 13.5. The largest absolute Gasteiger partial charge is 0.437 e. The van der Waals surface area contributed by atoms with Gasteiger partial charge in [-0.05, 0) is 56.2 Å². The van der Waals surface area contributed by atoms with E-state index < -0.39 is 0 Å². The van der Waals surface area contributed by atoms with Crippen LogP contribution >= 0.6 is 12.4 Å². The van der Waals surface area contributed by atoms with Crippen molar-refractivity contribution in [3.05, 3.63) is 53.6 Å². The molecule has 0 bridgehead atoms. The van der Waals surface area contributed by atoms with Gasteiger partial charge in [-0.15, -0.1) is 12.4 Å². The van der Waals surface area contributed by atoms with E-state index in [2.05, 4.69) is 30.3 Å². The number of halogens is 2. The zero-order chi connectivity index (χ0) is 15.7. The van der Waals surface area contributed by atoms with Crippen molar-refractivity contribution >= 4 is 23.3 Å². The number of pyridine rings is 1. The first-order valence-electron chi connectivity index (χ1n) is 7.49. The van der Waals surface area contributed by atoms with Gasteiger partial charge in [-0.3, -0.25) is 0 Å². The summed E-state index contributed by atoms with van der Waals surface area (Å²) in [5.41, 5.74) is 3.48. The number of nitrogens with zero attached hydrogens (tertiary/aromatic N) is 2. The smallest absolute Gasteiger partial charge is 0.244 e. The molecule has 0 aliphatic rings. The molecule has 1 aromatic carbocycles. The van der Waals surface area contributed by atoms with Crippen LogP contribution in [0.1, 0.15) is 24.6 Å². The van der Waals surface area contributed by atoms with Crippen LogP contribution in [0.2, 0.25) is 0 Å². The van der Waals surface area contributed by atoms with Gasteiger partial charge < -0.3 is 9.30 Å². The van der Waals surface area contributed by atoms with E-state index in [0.717, 1.165) is 23.9 Å². The van der Waals surface area contributed by atoms with Crippen molar-refractivity contribution in [3.8, 4) is 11.6 Å². The zero-order valence-corrected chi connectivity index (χ0v) is 14.3. The standard InChI is InChI=1S/C18H19FN2O.ClH/c1-4-11-21-13(3)12(2)16-9-10-20-18(17(16)21)22-15-7-5-14(19)6-8-15;/h5-10H,4,11H2,1-3H3;1H. The molecule has 0 saturated heterocycles. The van der Waals surface area contributed by atoms with Crippen molar-refractivity contribution in [2.75, 3.05) is 0 Å². The molecular formula is C18H20ClFN2O. The van der Waals surface area contributed by atoms with E-state index in [4.69, 9.17) is 4.74 Å². The summed E-state index contributed by atoms with van der Waals surface area (Å²) < 4.78 is 21.2. The minimum absolute atomic E-state index is 0. The van der Waals surface area contributed by atoms with Gasteiger partial charge in [-0.2, -0.15) is 0 Å². The number of rotatable bonds is 4. The quantitative estimate of drug-likeness (QED) is 0.637. The summed E-state index contributed by atoms with van der Waals surface area (Å²) in [4.78, 5) is 4.39. The molecule has 0 aliphatic heterocycles. The van der Waals surface area contributed by atoms with Crippen LogP contribution in [0.15, 0.2) is 36.5 Å². The van der Waals surface area contributed by atoms with Crippen LogP contribution in [-0.2, 0) is 6.54 Å². The van der Waals surface area contributed by atoms with E-state index in [1.165, 1.54) is 23.4 Å². The first-order valence-corrected chi connectivity index (χ1v) is 7.49. The SMILES string of the molecule is CCCn1c(C)c(C)c2ccnc(Oc3ccc(F)cc3)c21.Cl. The number of hydrogen-bond acceptors (Lipinski definition) is 2. The van der Waals surface area contributed by atoms with Crippen molar-refractivity contribution in [2.45, 2.75) is 33.7 Å². The Bertz CT molecular complexity index is 812. The summed E-state index contributed by atoms with van der Waals surface area (Å²) in [6.45, 7) is 7.30. The molecule has 0 unspecified atom stereocenters. The molecule has 0 atom stereocenters. The third kappa shape index (κ3) is 3.17. The van der Waals surface area contributed by atoms with Crippen LogP contribution in [0.3, 0.4) is 0 Å². The van der Waals surface area contributed by atoms with Crippen molar-refractivity contribution in [1.82, 2.24) is 9.55 Å². The van der Waals surface area contributed by atoms with E-state index in [0.29, 0.717) is 11.6 Å². The molecule has 122 valence electrons. The van der Waals surface area contributed by atoms with E-state index >= 15 is 0 Å². The topological polar surface area (TPSA) is 27.1 Å². The molecule has 2 heterocycles. The highest BCUT2D eigenvalue weighted by atomic mass is 35.5. The van der Waals surface area contributed by atoms with Gasteiger partial charge in [-0.1, -0.05) is 6.92 Å². The summed E-state index contributed by atoms with van der Waals surface area (Å²) in [6, 6.07) is 8.01. The van der Waals surface area contributed by atoms with Gasteiger partial charge in [0.1, 0.15) is 17.1 Å². The lowest BCUT2D eigenvalue weighted by atomic mass is 10.2. The molecule has 0 saturated carbocycles. The minimum Gasteiger partial charge on any atom is -0.437 e. The molecule has 0 radical (unpaired) electrons. The van der Waals surface area contributed by atoms with Gasteiger partial charge in [0, 0.05) is 23.8 Å². The predicted octanol–water partition coefficient (Wildman–Crippen LogP) is 5.42. The van der Waals surface area contributed by atoms with Gasteiger partial charge in [-0.25, -0.2) is 9.37 Å². The normalized spacial score (nSPS) is 10.6. The summed E-state index contributed by atoms with van der Waals surface area (Å²) in [5.74, 6) is 0.870. The number of aryl methyl sites for hydroxylation is 2. The lowest BCUT2D eigenvalue weighted by molar-refractivity contribution is 0.463. The highest BCUT2D eigenvalue weighted by Gasteiger charge is 2.16. The Morgan fingerprint density at radius 3 is 2.48 bits per heavy atom. The summed E-state index contributed by atoms with van der Waals surface area (Å²) in [6.07, 6.45) is 2.79. The van der Waals surface area contributed by atoms with E-state index in [-0.39, 0.29) is 18.2 Å². The van der Waals surface area contributed by atoms with Crippen molar-refractivity contribution in [3.63, 3.8) is 0 Å². The van der Waals surface area contributed by atoms with Crippen LogP contribution in [0.4, 0.5) is 4.39 Å². The molecule has 0 fully saturated rings. The molecular weight excluding hydrogens is 315 g/mol. The van der Waals surface area contributed by atoms with E-state index in [1.807, 2.05) is 6.07 Å². The third-order valence-electron chi connectivity index (χ3n) is 3.99. The highest BCUT2D eigenvalue weighted by molar-refractivity contribution is 5.89. The first-order chi connectivity index (χ1) is 10.6. The van der Waals surface area contributed by atoms with Gasteiger partial charge in [0.15, 0.2) is 0 Å². The van der Waals surface area contributed by atoms with Crippen LogP contribution in [0.25, 0.3) is 10.9 Å². The van der Waals surface area contributed by atoms with Crippen LogP contribution in [0, 0.1) is 19.7 Å². The third-order valence-corrected chi connectivity index (χ3v) is 3.99. The van der Waals surface area contributed by atoms with Gasteiger partial charge in [0.25, 0.3) is 0 Å². The maximum absolute atomic E-state index is 13.0. The summed E-state index contributed by atoms with van der Waals surface area (Å²) in [5, 5.41) is 1.15. The Morgan fingerprint density at radius 2 is 1.83 bits per heavy atom. The lowest BCUT2D eigenvalue weighted by Gasteiger charge is -2.10. The van der Waals surface area contributed by atoms with Crippen LogP contribution in [0.5, 0.6) is 11.6 Å². The molecule has 5 heteroatoms. The Labute approximate surface area is 141 Å². The molecule has 3 nitrogen and oxygen atoms in total. The van der Waals surface area contributed by atoms with Gasteiger partial charge in [0.2, 0.25) is 5.88 Å². The number of benzene rings is 1. The monoisotopic (exact) mass is 334 g/mol. The Kier molecular flexibility index (Phi) is 5.26. The average molecular weight is 335 g/mol. The maximum atomic E-state index is 13.0. The number of ether oxygens (including phenoxy) is 1. The Balaban J connectivity index is 0.00000192. The molecule has 3 aromatic rings. The Hall–Kier alpha value is -2.07. The predicted molar refractivity (Wildman–Crippen MR) is 93.2 cm³/mol. The van der Waals surface area contributed by atoms with Gasteiger partial charge in [0.05, 0.1) is 0 Å². The van der Waals surface area contributed by atoms with E-state index in [1.54, 1.807) is 18.3 Å². The molecule has 0 amide bonds. The van der Waals surface area contributed by atoms with Crippen molar-refractivity contribution in [1.29, 1.82) is 0 Å². The summed E-state index contributed by atoms with van der Waals surface area (Å²) >= 11 is 0. The van der Waals surface area contributed by atoms with E-state index in [9.17, 15) is 4.39 Å². The second-order valence-electron chi connectivity index (χ2n) is 5.43. The fourth-order valence-electron chi connectivity index (χ4n) is 2.76. The number of fused-ring (bicyclic) bond motifs is 1. The van der Waals surface area contributed by atoms with Gasteiger partial charge >= 0.3 is 0 Å². The van der Waals surface area contributed by atoms with Crippen LogP contribution < -0.4 is 4.74 Å². The first kappa shape index (κ1) is 17.3. The number of aromatic nitrogens is 2. The molecule has 3 rings (SSSR count). The average Bonchev–Trinajstić information content (AvgIpc) is 2.76. The fourth-order valence-corrected chi connectivity index (χ4v) is 2.76. The van der Waals surface area contributed by atoms with Crippen LogP contribution in [-0.4, -0.2) is 9.55 Å². The Morgan fingerprint density at radius 1 is 1.13 bits per heavy atom. The minimum atomic E-state index is -0.278. The molecule has 2 aromatic heterocycles. The molecule has 0 spiro atoms. The number of hydrogen-bond donors (Lipinski definition) is 0. The van der Waals surface area contributed by atoms with Crippen molar-refractivity contribution in [2.24, 2.45) is 0 Å². The highest BCUT2D eigenvalue weighted by Crippen LogP contribution is 2.33. The lowest BCUT2D eigenvalue weighted by Crippen LogP contribution is -2.01. The molecule has 0 aliphatic carbocycles. The summed E-state index contributed by atoms with van der Waals surface area (Å²) in [7, 11) is 0. The fraction of sp³-hybridized carbons (Fsp3) is 0.278. The molecule has 0 N–H and O–H groups in total.